The second kappa shape index (κ2) is 11.0. The first-order valence-electron chi connectivity index (χ1n) is 15.3. The lowest BCUT2D eigenvalue weighted by molar-refractivity contribution is -0.223. The Labute approximate surface area is 267 Å². The molecule has 2 bridgehead atoms. The molecule has 9 heteroatoms. The summed E-state index contributed by atoms with van der Waals surface area (Å²) >= 11 is 12.3. The molecule has 0 unspecified atom stereocenters. The number of aromatic hydroxyl groups is 1. The molecule has 1 saturated carbocycles. The number of rotatable bonds is 7. The lowest BCUT2D eigenvalue weighted by Crippen LogP contribution is -2.79. The van der Waals surface area contributed by atoms with Crippen LogP contribution in [0.3, 0.4) is 0 Å². The van der Waals surface area contributed by atoms with Crippen LogP contribution in [0.1, 0.15) is 48.4 Å². The van der Waals surface area contributed by atoms with Gasteiger partial charge in [-0.1, -0.05) is 65.7 Å². The smallest absolute Gasteiger partial charge is 0.303 e. The molecule has 2 aliphatic heterocycles. The van der Waals surface area contributed by atoms with Gasteiger partial charge >= 0.3 is 5.97 Å². The fourth-order valence-corrected chi connectivity index (χ4v) is 9.08. The van der Waals surface area contributed by atoms with Gasteiger partial charge in [-0.3, -0.25) is 14.5 Å². The lowest BCUT2D eigenvalue weighted by atomic mass is 9.48. The molecule has 3 aromatic carbocycles. The zero-order chi connectivity index (χ0) is 30.8. The molecule has 0 aromatic heterocycles. The predicted molar refractivity (Wildman–Crippen MR) is 168 cm³/mol. The van der Waals surface area contributed by atoms with Crippen molar-refractivity contribution in [3.8, 4) is 11.5 Å². The first kappa shape index (κ1) is 29.5. The topological polar surface area (TPSA) is 79.3 Å². The number of likely N-dealkylation sites (N-methyl/N-ethyl adjacent to an activating group) is 1. The van der Waals surface area contributed by atoms with Gasteiger partial charge in [0.1, 0.15) is 11.7 Å². The fourth-order valence-electron chi connectivity index (χ4n) is 8.75. The molecular formula is C35H36Cl2N2O5. The van der Waals surface area contributed by atoms with E-state index in [4.69, 9.17) is 32.7 Å². The van der Waals surface area contributed by atoms with Gasteiger partial charge in [-0.15, -0.1) is 0 Å². The molecule has 2 fully saturated rings. The van der Waals surface area contributed by atoms with Crippen molar-refractivity contribution in [2.24, 2.45) is 0 Å². The Balaban J connectivity index is 1.27. The van der Waals surface area contributed by atoms with Crippen molar-refractivity contribution in [3.63, 3.8) is 0 Å². The Bertz CT molecular complexity index is 1630. The summed E-state index contributed by atoms with van der Waals surface area (Å²) in [6.45, 7) is 3.12. The summed E-state index contributed by atoms with van der Waals surface area (Å²) in [6, 6.07) is 19.0. The van der Waals surface area contributed by atoms with Gasteiger partial charge < -0.3 is 19.5 Å². The summed E-state index contributed by atoms with van der Waals surface area (Å²) in [7, 11) is 1.82. The average Bonchev–Trinajstić information content (AvgIpc) is 3.35. The second-order valence-corrected chi connectivity index (χ2v) is 13.5. The molecule has 4 aliphatic rings. The predicted octanol–water partition coefficient (Wildman–Crippen LogP) is 5.74. The fraction of sp³-hybridized carbons (Fsp3) is 0.429. The van der Waals surface area contributed by atoms with Crippen molar-refractivity contribution in [3.05, 3.63) is 93.0 Å². The number of amides is 1. The third-order valence-corrected chi connectivity index (χ3v) is 11.3. The van der Waals surface area contributed by atoms with E-state index in [1.807, 2.05) is 25.2 Å². The SMILES string of the molecule is CC(=O)O[C@@]12CC[C@H](N(C)C(=O)Cc3ccc(Cl)c(Cl)c3)[C@@H]3Oc4c(O)ccc5c4[C@@]31CCN(CCc1ccccc1)[C@@H]2C5. The van der Waals surface area contributed by atoms with Crippen LogP contribution in [-0.2, 0) is 39.0 Å². The van der Waals surface area contributed by atoms with Crippen molar-refractivity contribution in [1.29, 1.82) is 0 Å². The zero-order valence-electron chi connectivity index (χ0n) is 24.9. The van der Waals surface area contributed by atoms with Crippen molar-refractivity contribution >= 4 is 35.1 Å². The number of benzene rings is 3. The third kappa shape index (κ3) is 4.42. The third-order valence-electron chi connectivity index (χ3n) is 10.6. The standard InChI is InChI=1S/C35H36Cl2N2O5/c1-21(40)44-35-14-12-27(38(2)30(42)19-23-8-10-25(36)26(37)18-23)33-34(35)15-17-39(16-13-22-6-4-3-5-7-22)29(35)20-24-9-11-28(41)32(43-33)31(24)34/h3-11,18,27,29,33,41H,12-17,19-20H2,1-2H3/t27-,29+,33-,34-,35+/m0/s1. The quantitative estimate of drug-likeness (QED) is 0.334. The number of likely N-dealkylation sites (tertiary alicyclic amines) is 1. The van der Waals surface area contributed by atoms with Crippen LogP contribution in [-0.4, -0.2) is 70.7 Å². The van der Waals surface area contributed by atoms with Gasteiger partial charge in [-0.2, -0.15) is 0 Å². The molecule has 7 rings (SSSR count). The van der Waals surface area contributed by atoms with Crippen molar-refractivity contribution < 1.29 is 24.2 Å². The summed E-state index contributed by atoms with van der Waals surface area (Å²) < 4.78 is 13.3. The van der Waals surface area contributed by atoms with Gasteiger partial charge in [-0.25, -0.2) is 0 Å². The molecular weight excluding hydrogens is 599 g/mol. The monoisotopic (exact) mass is 634 g/mol. The normalized spacial score (nSPS) is 28.1. The van der Waals surface area contributed by atoms with Crippen LogP contribution in [0.25, 0.3) is 0 Å². The molecule has 2 heterocycles. The zero-order valence-corrected chi connectivity index (χ0v) is 26.4. The van der Waals surface area contributed by atoms with E-state index in [0.717, 1.165) is 36.2 Å². The van der Waals surface area contributed by atoms with Gasteiger partial charge in [0.15, 0.2) is 11.5 Å². The molecule has 1 amide bonds. The molecule has 5 atom stereocenters. The second-order valence-electron chi connectivity index (χ2n) is 12.7. The summed E-state index contributed by atoms with van der Waals surface area (Å²) in [4.78, 5) is 31.0. The van der Waals surface area contributed by atoms with Gasteiger partial charge in [0, 0.05) is 26.1 Å². The number of hydrogen-bond acceptors (Lipinski definition) is 6. The minimum Gasteiger partial charge on any atom is -0.504 e. The minimum atomic E-state index is -0.853. The van der Waals surface area contributed by atoms with Crippen LogP contribution >= 0.6 is 23.2 Å². The highest BCUT2D eigenvalue weighted by Gasteiger charge is 2.75. The Morgan fingerprint density at radius 2 is 1.86 bits per heavy atom. The van der Waals surface area contributed by atoms with Gasteiger partial charge in [0.2, 0.25) is 5.91 Å². The molecule has 1 saturated heterocycles. The minimum absolute atomic E-state index is 0.0591. The number of phenols is 1. The van der Waals surface area contributed by atoms with Crippen LogP contribution < -0.4 is 4.74 Å². The molecule has 2 aliphatic carbocycles. The van der Waals surface area contributed by atoms with E-state index in [9.17, 15) is 14.7 Å². The number of piperidine rings is 1. The summed E-state index contributed by atoms with van der Waals surface area (Å²) in [6.07, 6.45) is 3.13. The van der Waals surface area contributed by atoms with E-state index in [1.165, 1.54) is 12.5 Å². The number of nitrogens with zero attached hydrogens (tertiary/aromatic N) is 2. The summed E-state index contributed by atoms with van der Waals surface area (Å²) in [5.41, 5.74) is 2.56. The Hall–Kier alpha value is -3.26. The summed E-state index contributed by atoms with van der Waals surface area (Å²) in [5.74, 6) is 0.161. The van der Waals surface area contributed by atoms with E-state index >= 15 is 0 Å². The maximum absolute atomic E-state index is 13.8. The van der Waals surface area contributed by atoms with E-state index in [2.05, 4.69) is 29.2 Å². The van der Waals surface area contributed by atoms with Crippen molar-refractivity contribution in [1.82, 2.24) is 9.80 Å². The van der Waals surface area contributed by atoms with Gasteiger partial charge in [-0.05, 0) is 73.5 Å². The van der Waals surface area contributed by atoms with E-state index in [-0.39, 0.29) is 36.1 Å². The number of carbonyl (C=O) groups is 2. The highest BCUT2D eigenvalue weighted by Crippen LogP contribution is 2.67. The van der Waals surface area contributed by atoms with Crippen LogP contribution in [0.5, 0.6) is 11.5 Å². The number of halogens is 2. The molecule has 1 N–H and O–H groups in total. The largest absolute Gasteiger partial charge is 0.504 e. The Morgan fingerprint density at radius 1 is 1.07 bits per heavy atom. The number of hydrogen-bond donors (Lipinski definition) is 1. The van der Waals surface area contributed by atoms with E-state index < -0.39 is 17.1 Å². The summed E-state index contributed by atoms with van der Waals surface area (Å²) in [5, 5.41) is 11.9. The Morgan fingerprint density at radius 3 is 2.61 bits per heavy atom. The van der Waals surface area contributed by atoms with E-state index in [0.29, 0.717) is 41.5 Å². The average molecular weight is 636 g/mol. The first-order valence-corrected chi connectivity index (χ1v) is 16.1. The Kier molecular flexibility index (Phi) is 7.34. The van der Waals surface area contributed by atoms with Crippen LogP contribution in [0.15, 0.2) is 60.7 Å². The lowest BCUT2D eigenvalue weighted by Gasteiger charge is -2.65. The highest BCUT2D eigenvalue weighted by molar-refractivity contribution is 6.42. The molecule has 1 spiro atoms. The maximum Gasteiger partial charge on any atom is 0.303 e. The van der Waals surface area contributed by atoms with Gasteiger partial charge in [0.25, 0.3) is 0 Å². The first-order chi connectivity index (χ1) is 21.1. The van der Waals surface area contributed by atoms with Gasteiger partial charge in [0.05, 0.1) is 34.0 Å². The highest BCUT2D eigenvalue weighted by atomic mass is 35.5. The van der Waals surface area contributed by atoms with Crippen LogP contribution in [0.2, 0.25) is 10.0 Å². The molecule has 0 radical (unpaired) electrons. The number of phenolic OH excluding ortho intramolecular Hbond substituents is 1. The number of esters is 1. The number of ether oxygens (including phenoxy) is 2. The van der Waals surface area contributed by atoms with Crippen LogP contribution in [0.4, 0.5) is 0 Å². The number of carbonyl (C=O) groups excluding carboxylic acids is 2. The molecule has 7 nitrogen and oxygen atoms in total. The van der Waals surface area contributed by atoms with Crippen molar-refractivity contribution in [2.45, 2.75) is 74.7 Å². The van der Waals surface area contributed by atoms with E-state index in [1.54, 1.807) is 23.1 Å². The molecule has 3 aromatic rings. The molecule has 44 heavy (non-hydrogen) atoms. The van der Waals surface area contributed by atoms with Crippen molar-refractivity contribution in [2.75, 3.05) is 20.1 Å². The maximum atomic E-state index is 13.8. The van der Waals surface area contributed by atoms with Crippen LogP contribution in [0, 0.1) is 0 Å². The molecule has 230 valence electrons.